The number of rotatable bonds is 8. The minimum atomic E-state index is -3.67. The van der Waals surface area contributed by atoms with E-state index in [-0.39, 0.29) is 36.3 Å². The third-order valence-electron chi connectivity index (χ3n) is 4.64. The van der Waals surface area contributed by atoms with Crippen molar-refractivity contribution in [3.63, 3.8) is 0 Å². The molecule has 1 aromatic heterocycles. The Kier molecular flexibility index (Phi) is 9.02. The Morgan fingerprint density at radius 3 is 2.54 bits per heavy atom. The standard InChI is InChI=1S/C16H29N5O3S.ClH/c1-4-17-11-14-6-9-21(10-7-14)16(22)5-8-18-25(23,24)15-12-20(3)13(2)19-15;/h12,14,17-18H,4-11H2,1-3H3;1H. The first-order chi connectivity index (χ1) is 11.8. The summed E-state index contributed by atoms with van der Waals surface area (Å²) in [5, 5.41) is 3.34. The quantitative estimate of drug-likeness (QED) is 0.660. The molecule has 0 aromatic carbocycles. The largest absolute Gasteiger partial charge is 0.343 e. The van der Waals surface area contributed by atoms with Gasteiger partial charge >= 0.3 is 0 Å². The molecule has 1 saturated heterocycles. The summed E-state index contributed by atoms with van der Waals surface area (Å²) in [6.45, 7) is 7.39. The first kappa shape index (κ1) is 22.9. The molecule has 8 nitrogen and oxygen atoms in total. The molecule has 0 aliphatic carbocycles. The number of sulfonamides is 1. The topological polar surface area (TPSA) is 96.3 Å². The number of hydrogen-bond donors (Lipinski definition) is 2. The summed E-state index contributed by atoms with van der Waals surface area (Å²) < 4.78 is 28.5. The lowest BCUT2D eigenvalue weighted by Gasteiger charge is -2.32. The van der Waals surface area contributed by atoms with Crippen molar-refractivity contribution in [1.29, 1.82) is 0 Å². The number of aryl methyl sites for hydroxylation is 2. The van der Waals surface area contributed by atoms with Crippen LogP contribution in [0.15, 0.2) is 11.2 Å². The van der Waals surface area contributed by atoms with Crippen molar-refractivity contribution in [2.45, 2.75) is 38.1 Å². The van der Waals surface area contributed by atoms with Crippen LogP contribution in [-0.2, 0) is 21.9 Å². The number of likely N-dealkylation sites (tertiary alicyclic amines) is 1. The Morgan fingerprint density at radius 2 is 2.00 bits per heavy atom. The van der Waals surface area contributed by atoms with E-state index in [4.69, 9.17) is 0 Å². The van der Waals surface area contributed by atoms with E-state index >= 15 is 0 Å². The molecular weight excluding hydrogens is 378 g/mol. The number of carbonyl (C=O) groups excluding carboxylic acids is 1. The van der Waals surface area contributed by atoms with Gasteiger partial charge in [0.1, 0.15) is 5.82 Å². The SMILES string of the molecule is CCNCC1CCN(C(=O)CCNS(=O)(=O)c2cn(C)c(C)n2)CC1.Cl. The van der Waals surface area contributed by atoms with E-state index in [0.717, 1.165) is 39.0 Å². The minimum Gasteiger partial charge on any atom is -0.343 e. The van der Waals surface area contributed by atoms with Crippen LogP contribution in [0.1, 0.15) is 32.0 Å². The highest BCUT2D eigenvalue weighted by atomic mass is 35.5. The number of aromatic nitrogens is 2. The van der Waals surface area contributed by atoms with Gasteiger partial charge in [-0.3, -0.25) is 4.79 Å². The highest BCUT2D eigenvalue weighted by Crippen LogP contribution is 2.17. The Bertz CT molecular complexity index is 665. The lowest BCUT2D eigenvalue weighted by molar-refractivity contribution is -0.132. The summed E-state index contributed by atoms with van der Waals surface area (Å²) in [6, 6.07) is 0. The van der Waals surface area contributed by atoms with Gasteiger partial charge in [-0.1, -0.05) is 6.92 Å². The monoisotopic (exact) mass is 407 g/mol. The van der Waals surface area contributed by atoms with Crippen LogP contribution < -0.4 is 10.0 Å². The van der Waals surface area contributed by atoms with E-state index in [2.05, 4.69) is 21.9 Å². The van der Waals surface area contributed by atoms with E-state index in [1.165, 1.54) is 6.20 Å². The maximum atomic E-state index is 12.3. The van der Waals surface area contributed by atoms with Gasteiger partial charge in [-0.05, 0) is 38.8 Å². The number of nitrogens with one attached hydrogen (secondary N) is 2. The fraction of sp³-hybridized carbons (Fsp3) is 0.750. The number of imidazole rings is 1. The van der Waals surface area contributed by atoms with E-state index < -0.39 is 10.0 Å². The van der Waals surface area contributed by atoms with Crippen molar-refractivity contribution in [2.75, 3.05) is 32.7 Å². The summed E-state index contributed by atoms with van der Waals surface area (Å²) in [5.74, 6) is 1.24. The smallest absolute Gasteiger partial charge is 0.259 e. The average molecular weight is 408 g/mol. The van der Waals surface area contributed by atoms with Crippen molar-refractivity contribution < 1.29 is 13.2 Å². The van der Waals surface area contributed by atoms with Crippen molar-refractivity contribution in [2.24, 2.45) is 13.0 Å². The molecule has 1 aromatic rings. The third kappa shape index (κ3) is 6.22. The van der Waals surface area contributed by atoms with Crippen molar-refractivity contribution in [3.05, 3.63) is 12.0 Å². The predicted octanol–water partition coefficient (Wildman–Crippen LogP) is 0.667. The van der Waals surface area contributed by atoms with E-state index in [1.54, 1.807) is 18.5 Å². The molecule has 0 spiro atoms. The lowest BCUT2D eigenvalue weighted by Crippen LogP contribution is -2.41. The molecule has 0 radical (unpaired) electrons. The molecular formula is C16H30ClN5O3S. The second-order valence-corrected chi connectivity index (χ2v) is 8.23. The maximum absolute atomic E-state index is 12.3. The molecule has 2 N–H and O–H groups in total. The van der Waals surface area contributed by atoms with Gasteiger partial charge in [-0.15, -0.1) is 12.4 Å². The molecule has 1 amide bonds. The van der Waals surface area contributed by atoms with Gasteiger partial charge in [-0.2, -0.15) is 0 Å². The van der Waals surface area contributed by atoms with E-state index in [0.29, 0.717) is 11.7 Å². The number of nitrogens with zero attached hydrogens (tertiary/aromatic N) is 3. The van der Waals surface area contributed by atoms with Crippen molar-refractivity contribution in [1.82, 2.24) is 24.5 Å². The fourth-order valence-electron chi connectivity index (χ4n) is 2.92. The first-order valence-electron chi connectivity index (χ1n) is 8.81. The highest BCUT2D eigenvalue weighted by molar-refractivity contribution is 7.89. The number of halogens is 1. The lowest BCUT2D eigenvalue weighted by atomic mass is 9.96. The number of piperidine rings is 1. The molecule has 1 aliphatic rings. The van der Waals surface area contributed by atoms with Crippen LogP contribution in [0, 0.1) is 12.8 Å². The molecule has 2 heterocycles. The maximum Gasteiger partial charge on any atom is 0.259 e. The molecule has 0 saturated carbocycles. The van der Waals surface area contributed by atoms with Crippen LogP contribution in [0.25, 0.3) is 0 Å². The minimum absolute atomic E-state index is 0. The van der Waals surface area contributed by atoms with Crippen LogP contribution >= 0.6 is 12.4 Å². The van der Waals surface area contributed by atoms with Crippen molar-refractivity contribution in [3.8, 4) is 0 Å². The van der Waals surface area contributed by atoms with Crippen LogP contribution in [0.5, 0.6) is 0 Å². The molecule has 0 bridgehead atoms. The Hall–Kier alpha value is -1.16. The molecule has 26 heavy (non-hydrogen) atoms. The predicted molar refractivity (Wildman–Crippen MR) is 103 cm³/mol. The van der Waals surface area contributed by atoms with Gasteiger partial charge in [0.2, 0.25) is 5.91 Å². The summed E-state index contributed by atoms with van der Waals surface area (Å²) in [5.41, 5.74) is 0. The van der Waals surface area contributed by atoms with E-state index in [9.17, 15) is 13.2 Å². The van der Waals surface area contributed by atoms with E-state index in [1.807, 2.05) is 4.90 Å². The normalized spacial score (nSPS) is 15.7. The Labute approximate surface area is 162 Å². The Balaban J connectivity index is 0.00000338. The van der Waals surface area contributed by atoms with Gasteiger partial charge in [-0.25, -0.2) is 18.1 Å². The zero-order valence-electron chi connectivity index (χ0n) is 15.7. The third-order valence-corrected chi connectivity index (χ3v) is 5.97. The van der Waals surface area contributed by atoms with Gasteiger partial charge in [0.25, 0.3) is 10.0 Å². The highest BCUT2D eigenvalue weighted by Gasteiger charge is 2.23. The molecule has 150 valence electrons. The number of hydrogen-bond acceptors (Lipinski definition) is 5. The molecule has 1 fully saturated rings. The van der Waals surface area contributed by atoms with Gasteiger partial charge in [0.05, 0.1) is 0 Å². The first-order valence-corrected chi connectivity index (χ1v) is 10.3. The van der Waals surface area contributed by atoms with Crippen LogP contribution in [-0.4, -0.2) is 61.5 Å². The van der Waals surface area contributed by atoms with Gasteiger partial charge < -0.3 is 14.8 Å². The zero-order chi connectivity index (χ0) is 18.4. The molecule has 0 unspecified atom stereocenters. The number of carbonyl (C=O) groups is 1. The second-order valence-electron chi connectivity index (χ2n) is 6.52. The van der Waals surface area contributed by atoms with Crippen molar-refractivity contribution >= 4 is 28.3 Å². The van der Waals surface area contributed by atoms with Crippen LogP contribution in [0.3, 0.4) is 0 Å². The number of amides is 1. The summed E-state index contributed by atoms with van der Waals surface area (Å²) >= 11 is 0. The Morgan fingerprint density at radius 1 is 1.35 bits per heavy atom. The summed E-state index contributed by atoms with van der Waals surface area (Å²) in [6.07, 6.45) is 3.63. The average Bonchev–Trinajstić information content (AvgIpc) is 2.93. The van der Waals surface area contributed by atoms with Gasteiger partial charge in [0, 0.05) is 39.3 Å². The molecule has 0 atom stereocenters. The van der Waals surface area contributed by atoms with Crippen LogP contribution in [0.2, 0.25) is 0 Å². The second kappa shape index (κ2) is 10.2. The van der Waals surface area contributed by atoms with Crippen LogP contribution in [0.4, 0.5) is 0 Å². The zero-order valence-corrected chi connectivity index (χ0v) is 17.3. The summed E-state index contributed by atoms with van der Waals surface area (Å²) in [4.78, 5) is 18.1. The molecule has 2 rings (SSSR count). The fourth-order valence-corrected chi connectivity index (χ4v) is 3.98. The van der Waals surface area contributed by atoms with Gasteiger partial charge in [0.15, 0.2) is 5.03 Å². The summed E-state index contributed by atoms with van der Waals surface area (Å²) in [7, 11) is -1.93. The molecule has 10 heteroatoms. The molecule has 1 aliphatic heterocycles.